The van der Waals surface area contributed by atoms with Crippen molar-refractivity contribution in [2.75, 3.05) is 5.32 Å². The summed E-state index contributed by atoms with van der Waals surface area (Å²) >= 11 is 1.77. The Labute approximate surface area is 236 Å². The molecule has 0 saturated heterocycles. The molecule has 1 aliphatic carbocycles. The van der Waals surface area contributed by atoms with Crippen LogP contribution in [0.1, 0.15) is 43.4 Å². The number of benzene rings is 1. The summed E-state index contributed by atoms with van der Waals surface area (Å²) in [6.07, 6.45) is 14.0. The highest BCUT2D eigenvalue weighted by Crippen LogP contribution is 2.37. The summed E-state index contributed by atoms with van der Waals surface area (Å²) in [4.78, 5) is 27.6. The van der Waals surface area contributed by atoms with Gasteiger partial charge in [-0.15, -0.1) is 11.3 Å². The van der Waals surface area contributed by atoms with Crippen LogP contribution in [0.2, 0.25) is 0 Å². The molecule has 8 heteroatoms. The summed E-state index contributed by atoms with van der Waals surface area (Å²) < 4.78 is 0. The molecule has 0 radical (unpaired) electrons. The molecule has 40 heavy (non-hydrogen) atoms. The number of aryl methyl sites for hydroxylation is 1. The number of pyridine rings is 2. The number of hydrogen-bond acceptors (Lipinski definition) is 5. The summed E-state index contributed by atoms with van der Waals surface area (Å²) in [5, 5.41) is 13.1. The van der Waals surface area contributed by atoms with E-state index < -0.39 is 0 Å². The lowest BCUT2D eigenvalue weighted by molar-refractivity contribution is -0.117. The van der Waals surface area contributed by atoms with E-state index in [-0.39, 0.29) is 5.91 Å². The van der Waals surface area contributed by atoms with Crippen molar-refractivity contribution < 1.29 is 4.79 Å². The first-order valence-electron chi connectivity index (χ1n) is 13.9. The SMILES string of the molecule is Cc1ccc(-c2cncc3[nH]c(-c4n[nH]c5ccc(-c6cncc(NC(=O)CC7CCCCC7)c6)cc45)cc23)s1. The minimum Gasteiger partial charge on any atom is -0.352 e. The Hall–Kier alpha value is -4.30. The fourth-order valence-corrected chi connectivity index (χ4v) is 6.78. The van der Waals surface area contributed by atoms with Gasteiger partial charge >= 0.3 is 0 Å². The number of amides is 1. The fraction of sp³-hybridized carbons (Fsp3) is 0.250. The van der Waals surface area contributed by atoms with Gasteiger partial charge in [0.25, 0.3) is 0 Å². The number of hydrogen-bond donors (Lipinski definition) is 3. The van der Waals surface area contributed by atoms with Crippen LogP contribution < -0.4 is 5.32 Å². The van der Waals surface area contributed by atoms with Gasteiger partial charge < -0.3 is 10.3 Å². The van der Waals surface area contributed by atoms with E-state index in [1.807, 2.05) is 30.7 Å². The number of carbonyl (C=O) groups is 1. The third-order valence-corrected chi connectivity index (χ3v) is 8.96. The molecule has 0 unspecified atom stereocenters. The zero-order valence-corrected chi connectivity index (χ0v) is 23.1. The van der Waals surface area contributed by atoms with E-state index in [0.29, 0.717) is 12.3 Å². The quantitative estimate of drug-likeness (QED) is 0.196. The third kappa shape index (κ3) is 4.79. The van der Waals surface area contributed by atoms with E-state index >= 15 is 0 Å². The molecule has 0 spiro atoms. The van der Waals surface area contributed by atoms with Crippen molar-refractivity contribution in [2.24, 2.45) is 5.92 Å². The van der Waals surface area contributed by atoms with E-state index in [4.69, 9.17) is 0 Å². The summed E-state index contributed by atoms with van der Waals surface area (Å²) in [6, 6.07) is 14.7. The highest BCUT2D eigenvalue weighted by molar-refractivity contribution is 7.15. The van der Waals surface area contributed by atoms with E-state index in [1.54, 1.807) is 17.5 Å². The molecule has 7 nitrogen and oxygen atoms in total. The first-order chi connectivity index (χ1) is 19.6. The van der Waals surface area contributed by atoms with Crippen molar-refractivity contribution in [3.05, 3.63) is 72.1 Å². The monoisotopic (exact) mass is 546 g/mol. The normalized spacial score (nSPS) is 14.2. The average Bonchev–Trinajstić information content (AvgIpc) is 3.71. The zero-order valence-electron chi connectivity index (χ0n) is 22.3. The van der Waals surface area contributed by atoms with Gasteiger partial charge in [-0.05, 0) is 67.6 Å². The number of rotatable bonds is 6. The van der Waals surface area contributed by atoms with Gasteiger partial charge in [-0.25, -0.2) is 0 Å². The smallest absolute Gasteiger partial charge is 0.224 e. The molecule has 0 bridgehead atoms. The zero-order chi connectivity index (χ0) is 27.1. The maximum Gasteiger partial charge on any atom is 0.224 e. The Bertz CT molecular complexity index is 1840. The maximum absolute atomic E-state index is 12.7. The largest absolute Gasteiger partial charge is 0.352 e. The molecule has 7 rings (SSSR count). The Morgan fingerprint density at radius 3 is 2.65 bits per heavy atom. The van der Waals surface area contributed by atoms with Gasteiger partial charge in [0.05, 0.1) is 34.8 Å². The first-order valence-corrected chi connectivity index (χ1v) is 14.7. The van der Waals surface area contributed by atoms with E-state index in [2.05, 4.69) is 67.7 Å². The number of anilines is 1. The van der Waals surface area contributed by atoms with Gasteiger partial charge in [-0.3, -0.25) is 19.9 Å². The molecule has 1 aliphatic rings. The van der Waals surface area contributed by atoms with Crippen molar-refractivity contribution in [3.8, 4) is 33.0 Å². The predicted molar refractivity (Wildman–Crippen MR) is 162 cm³/mol. The number of aromatic nitrogens is 5. The van der Waals surface area contributed by atoms with Gasteiger partial charge in [-0.1, -0.05) is 25.3 Å². The summed E-state index contributed by atoms with van der Waals surface area (Å²) in [5.74, 6) is 0.571. The van der Waals surface area contributed by atoms with Gasteiger partial charge in [0.2, 0.25) is 5.91 Å². The number of thiophene rings is 1. The summed E-state index contributed by atoms with van der Waals surface area (Å²) in [7, 11) is 0. The minimum absolute atomic E-state index is 0.0730. The topological polar surface area (TPSA) is 99.3 Å². The molecular weight excluding hydrogens is 516 g/mol. The molecule has 1 aromatic carbocycles. The minimum atomic E-state index is 0.0730. The molecule has 1 fully saturated rings. The van der Waals surface area contributed by atoms with Gasteiger partial charge in [0.15, 0.2) is 0 Å². The van der Waals surface area contributed by atoms with Gasteiger partial charge in [-0.2, -0.15) is 5.10 Å². The van der Waals surface area contributed by atoms with E-state index in [9.17, 15) is 4.79 Å². The molecule has 0 aliphatic heterocycles. The third-order valence-electron chi connectivity index (χ3n) is 7.92. The van der Waals surface area contributed by atoms with Crippen molar-refractivity contribution in [1.29, 1.82) is 0 Å². The molecule has 5 heterocycles. The highest BCUT2D eigenvalue weighted by Gasteiger charge is 2.18. The van der Waals surface area contributed by atoms with Crippen molar-refractivity contribution in [3.63, 3.8) is 0 Å². The Kier molecular flexibility index (Phi) is 6.40. The lowest BCUT2D eigenvalue weighted by atomic mass is 9.87. The number of carbonyl (C=O) groups excluding carboxylic acids is 1. The second kappa shape index (κ2) is 10.4. The highest BCUT2D eigenvalue weighted by atomic mass is 32.1. The molecule has 0 atom stereocenters. The Morgan fingerprint density at radius 1 is 0.925 bits per heavy atom. The molecule has 200 valence electrons. The molecule has 5 aromatic heterocycles. The lowest BCUT2D eigenvalue weighted by Gasteiger charge is -2.20. The maximum atomic E-state index is 12.7. The van der Waals surface area contributed by atoms with E-state index in [0.717, 1.165) is 68.4 Å². The fourth-order valence-electron chi connectivity index (χ4n) is 5.88. The standard InChI is InChI=1S/C32H30N6OS/c1-19-7-10-30(40-19)26-17-34-18-29-24(26)14-28(36-29)32-25-13-21(8-9-27(25)37-38-32)22-12-23(16-33-15-22)35-31(39)11-20-5-3-2-4-6-20/h7-10,12-18,20,36H,2-6,11H2,1H3,(H,35,39)(H,37,38). The molecule has 1 saturated carbocycles. The summed E-state index contributed by atoms with van der Waals surface area (Å²) in [5.41, 5.74) is 7.52. The predicted octanol–water partition coefficient (Wildman–Crippen LogP) is 8.11. The van der Waals surface area contributed by atoms with Crippen LogP contribution in [-0.4, -0.2) is 31.1 Å². The molecule has 3 N–H and O–H groups in total. The summed E-state index contributed by atoms with van der Waals surface area (Å²) in [6.45, 7) is 2.12. The lowest BCUT2D eigenvalue weighted by Crippen LogP contribution is -2.18. The van der Waals surface area contributed by atoms with Crippen LogP contribution >= 0.6 is 11.3 Å². The Morgan fingerprint density at radius 2 is 1.80 bits per heavy atom. The van der Waals surface area contributed by atoms with Crippen LogP contribution in [0.3, 0.4) is 0 Å². The van der Waals surface area contributed by atoms with Crippen molar-refractivity contribution in [1.82, 2.24) is 25.1 Å². The van der Waals surface area contributed by atoms with Gasteiger partial charge in [0.1, 0.15) is 5.69 Å². The van der Waals surface area contributed by atoms with Crippen LogP contribution in [0, 0.1) is 12.8 Å². The van der Waals surface area contributed by atoms with Crippen LogP contribution in [0.5, 0.6) is 0 Å². The van der Waals surface area contributed by atoms with Crippen LogP contribution in [0.25, 0.3) is 54.8 Å². The molecule has 6 aromatic rings. The number of aromatic amines is 2. The van der Waals surface area contributed by atoms with Crippen molar-refractivity contribution >= 4 is 44.7 Å². The van der Waals surface area contributed by atoms with Crippen LogP contribution in [-0.2, 0) is 4.79 Å². The number of nitrogens with one attached hydrogen (secondary N) is 3. The molecular formula is C32H30N6OS. The number of H-pyrrole nitrogens is 2. The van der Waals surface area contributed by atoms with Crippen LogP contribution in [0.4, 0.5) is 5.69 Å². The number of fused-ring (bicyclic) bond motifs is 2. The van der Waals surface area contributed by atoms with Gasteiger partial charge in [0, 0.05) is 50.5 Å². The molecule has 1 amide bonds. The number of nitrogens with zero attached hydrogens (tertiary/aromatic N) is 3. The second-order valence-electron chi connectivity index (χ2n) is 10.8. The van der Waals surface area contributed by atoms with E-state index in [1.165, 1.54) is 29.0 Å². The van der Waals surface area contributed by atoms with Crippen molar-refractivity contribution in [2.45, 2.75) is 45.4 Å². The second-order valence-corrected chi connectivity index (χ2v) is 12.1. The average molecular weight is 547 g/mol. The first kappa shape index (κ1) is 24.7. The van der Waals surface area contributed by atoms with Crippen LogP contribution in [0.15, 0.2) is 67.3 Å². The Balaban J connectivity index is 1.19.